The molecule has 41 heavy (non-hydrogen) atoms. The van der Waals surface area contributed by atoms with Gasteiger partial charge in [0.2, 0.25) is 5.91 Å². The molecular formula is C30H32Cl2N4O4S. The van der Waals surface area contributed by atoms with Gasteiger partial charge >= 0.3 is 0 Å². The second-order valence-electron chi connectivity index (χ2n) is 9.95. The molecule has 1 atom stereocenters. The first-order chi connectivity index (χ1) is 19.8. The van der Waals surface area contributed by atoms with Crippen LogP contribution < -0.4 is 14.4 Å². The van der Waals surface area contributed by atoms with Crippen molar-refractivity contribution in [2.45, 2.75) is 6.04 Å². The summed E-state index contributed by atoms with van der Waals surface area (Å²) < 4.78 is 14.4. The number of carbonyl (C=O) groups excluding carboxylic acids is 2. The van der Waals surface area contributed by atoms with Crippen LogP contribution in [0.15, 0.2) is 60.7 Å². The molecule has 0 aromatic heterocycles. The van der Waals surface area contributed by atoms with Gasteiger partial charge in [-0.3, -0.25) is 19.4 Å². The number of halogens is 2. The van der Waals surface area contributed by atoms with E-state index >= 15 is 0 Å². The SMILES string of the molecule is CSNc1ccc(-c2cccc(C(CN3CCOCC3)N(C)C(=O)CN3C(=O)COc4cc(Cl)c(Cl)cc43)c2)cc1. The van der Waals surface area contributed by atoms with Crippen LogP contribution in [0, 0.1) is 0 Å². The topological polar surface area (TPSA) is 74.4 Å². The Balaban J connectivity index is 1.42. The molecule has 0 aliphatic carbocycles. The normalized spacial score (nSPS) is 16.1. The predicted molar refractivity (Wildman–Crippen MR) is 166 cm³/mol. The van der Waals surface area contributed by atoms with Crippen LogP contribution in [0.5, 0.6) is 5.75 Å². The van der Waals surface area contributed by atoms with Crippen molar-refractivity contribution in [2.75, 3.05) is 68.9 Å². The Morgan fingerprint density at radius 3 is 2.51 bits per heavy atom. The van der Waals surface area contributed by atoms with Gasteiger partial charge in [0, 0.05) is 44.7 Å². The zero-order chi connectivity index (χ0) is 28.9. The number of nitrogens with one attached hydrogen (secondary N) is 1. The Kier molecular flexibility index (Phi) is 9.62. The van der Waals surface area contributed by atoms with Crippen molar-refractivity contribution in [3.05, 3.63) is 76.3 Å². The first-order valence-corrected chi connectivity index (χ1v) is 15.3. The quantitative estimate of drug-likeness (QED) is 0.314. The summed E-state index contributed by atoms with van der Waals surface area (Å²) in [5.74, 6) is -0.0945. The van der Waals surface area contributed by atoms with Gasteiger partial charge < -0.3 is 19.1 Å². The van der Waals surface area contributed by atoms with E-state index in [9.17, 15) is 9.59 Å². The summed E-state index contributed by atoms with van der Waals surface area (Å²) in [5, 5.41) is 0.609. The van der Waals surface area contributed by atoms with Gasteiger partial charge in [0.05, 0.1) is 35.0 Å². The maximum Gasteiger partial charge on any atom is 0.265 e. The standard InChI is InChI=1S/C30H32Cl2N4O4S/c1-34(29(37)18-36-26-15-24(31)25(32)16-28(26)40-19-30(36)38)27(17-35-10-12-39-13-11-35)22-5-3-4-21(14-22)20-6-8-23(9-7-20)33-41-2/h3-9,14-16,27,33H,10-13,17-19H2,1-2H3. The molecule has 11 heteroatoms. The molecule has 3 aromatic carbocycles. The zero-order valence-electron chi connectivity index (χ0n) is 22.9. The van der Waals surface area contributed by atoms with Crippen molar-refractivity contribution in [2.24, 2.45) is 0 Å². The molecule has 8 nitrogen and oxygen atoms in total. The van der Waals surface area contributed by atoms with E-state index in [-0.39, 0.29) is 36.0 Å². The molecular weight excluding hydrogens is 583 g/mol. The van der Waals surface area contributed by atoms with Crippen LogP contribution in [-0.2, 0) is 14.3 Å². The van der Waals surface area contributed by atoms with Gasteiger partial charge in [0.25, 0.3) is 5.91 Å². The Bertz CT molecular complexity index is 1400. The van der Waals surface area contributed by atoms with E-state index in [0.717, 1.165) is 35.5 Å². The Hall–Kier alpha value is -2.95. The highest BCUT2D eigenvalue weighted by molar-refractivity contribution is 7.99. The third kappa shape index (κ3) is 6.93. The van der Waals surface area contributed by atoms with Crippen molar-refractivity contribution < 1.29 is 19.1 Å². The van der Waals surface area contributed by atoms with Crippen molar-refractivity contribution in [1.29, 1.82) is 0 Å². The van der Waals surface area contributed by atoms with Gasteiger partial charge in [0.1, 0.15) is 12.3 Å². The largest absolute Gasteiger partial charge is 0.482 e. The molecule has 2 amide bonds. The minimum absolute atomic E-state index is 0.146. The maximum absolute atomic E-state index is 13.8. The number of hydrogen-bond donors (Lipinski definition) is 1. The number of rotatable bonds is 9. The molecule has 0 spiro atoms. The molecule has 1 unspecified atom stereocenters. The summed E-state index contributed by atoms with van der Waals surface area (Å²) in [7, 11) is 1.80. The summed E-state index contributed by atoms with van der Waals surface area (Å²) in [6.45, 7) is 3.21. The minimum atomic E-state index is -0.316. The van der Waals surface area contributed by atoms with Crippen LogP contribution in [0.25, 0.3) is 11.1 Å². The lowest BCUT2D eigenvalue weighted by Gasteiger charge is -2.37. The van der Waals surface area contributed by atoms with Gasteiger partial charge in [0.15, 0.2) is 6.61 Å². The first kappa shape index (κ1) is 29.5. The van der Waals surface area contributed by atoms with Crippen LogP contribution in [0.2, 0.25) is 10.0 Å². The molecule has 0 saturated carbocycles. The second kappa shape index (κ2) is 13.4. The molecule has 2 aliphatic heterocycles. The number of ether oxygens (including phenoxy) is 2. The average molecular weight is 616 g/mol. The monoisotopic (exact) mass is 614 g/mol. The van der Waals surface area contributed by atoms with Gasteiger partial charge in [-0.1, -0.05) is 65.5 Å². The molecule has 1 saturated heterocycles. The van der Waals surface area contributed by atoms with E-state index in [2.05, 4.69) is 52.1 Å². The average Bonchev–Trinajstić information content (AvgIpc) is 2.99. The van der Waals surface area contributed by atoms with E-state index in [1.807, 2.05) is 12.3 Å². The number of likely N-dealkylation sites (N-methyl/N-ethyl adjacent to an activating group) is 1. The van der Waals surface area contributed by atoms with Crippen molar-refractivity contribution in [3.63, 3.8) is 0 Å². The summed E-state index contributed by atoms with van der Waals surface area (Å²) in [5.41, 5.74) is 4.64. The third-order valence-electron chi connectivity index (χ3n) is 7.34. The van der Waals surface area contributed by atoms with Gasteiger partial charge in [-0.25, -0.2) is 0 Å². The first-order valence-electron chi connectivity index (χ1n) is 13.3. The fourth-order valence-electron chi connectivity index (χ4n) is 5.04. The Morgan fingerprint density at radius 2 is 1.78 bits per heavy atom. The van der Waals surface area contributed by atoms with E-state index in [1.54, 1.807) is 36.0 Å². The lowest BCUT2D eigenvalue weighted by Crippen LogP contribution is -2.48. The number of anilines is 2. The maximum atomic E-state index is 13.8. The molecule has 0 radical (unpaired) electrons. The van der Waals surface area contributed by atoms with Gasteiger partial charge in [-0.2, -0.15) is 0 Å². The van der Waals surface area contributed by atoms with Crippen molar-refractivity contribution in [1.82, 2.24) is 9.80 Å². The second-order valence-corrected chi connectivity index (χ2v) is 11.4. The number of hydrogen-bond acceptors (Lipinski definition) is 7. The van der Waals surface area contributed by atoms with Gasteiger partial charge in [-0.05, 0) is 41.0 Å². The molecule has 2 heterocycles. The number of carbonyl (C=O) groups is 2. The molecule has 5 rings (SSSR count). The smallest absolute Gasteiger partial charge is 0.265 e. The molecule has 3 aromatic rings. The molecule has 1 N–H and O–H groups in total. The summed E-state index contributed by atoms with van der Waals surface area (Å²) in [4.78, 5) is 32.1. The summed E-state index contributed by atoms with van der Waals surface area (Å²) in [6.07, 6.45) is 1.99. The lowest BCUT2D eigenvalue weighted by molar-refractivity contribution is -0.133. The Labute approximate surface area is 254 Å². The highest BCUT2D eigenvalue weighted by atomic mass is 35.5. The minimum Gasteiger partial charge on any atom is -0.482 e. The fraction of sp³-hybridized carbons (Fsp3) is 0.333. The van der Waals surface area contributed by atoms with Crippen LogP contribution >= 0.6 is 35.1 Å². The van der Waals surface area contributed by atoms with Crippen LogP contribution in [0.4, 0.5) is 11.4 Å². The van der Waals surface area contributed by atoms with E-state index in [0.29, 0.717) is 36.2 Å². The predicted octanol–water partition coefficient (Wildman–Crippen LogP) is 5.61. The molecule has 216 valence electrons. The van der Waals surface area contributed by atoms with E-state index < -0.39 is 0 Å². The van der Waals surface area contributed by atoms with Crippen LogP contribution in [0.1, 0.15) is 11.6 Å². The molecule has 2 aliphatic rings. The molecule has 1 fully saturated rings. The number of benzene rings is 3. The Morgan fingerprint density at radius 1 is 1.05 bits per heavy atom. The highest BCUT2D eigenvalue weighted by Crippen LogP contribution is 2.39. The van der Waals surface area contributed by atoms with E-state index in [4.69, 9.17) is 32.7 Å². The van der Waals surface area contributed by atoms with Crippen LogP contribution in [-0.4, -0.2) is 80.9 Å². The third-order valence-corrected chi connectivity index (χ3v) is 8.51. The zero-order valence-corrected chi connectivity index (χ0v) is 25.3. The number of morpholine rings is 1. The fourth-order valence-corrected chi connectivity index (χ4v) is 5.73. The molecule has 0 bridgehead atoms. The number of fused-ring (bicyclic) bond motifs is 1. The summed E-state index contributed by atoms with van der Waals surface area (Å²) in [6, 6.07) is 19.5. The summed E-state index contributed by atoms with van der Waals surface area (Å²) >= 11 is 14.0. The number of nitrogens with zero attached hydrogens (tertiary/aromatic N) is 3. The van der Waals surface area contributed by atoms with Crippen molar-refractivity contribution >= 4 is 58.3 Å². The highest BCUT2D eigenvalue weighted by Gasteiger charge is 2.32. The van der Waals surface area contributed by atoms with Crippen LogP contribution in [0.3, 0.4) is 0 Å². The van der Waals surface area contributed by atoms with E-state index in [1.165, 1.54) is 4.90 Å². The lowest BCUT2D eigenvalue weighted by atomic mass is 9.98. The van der Waals surface area contributed by atoms with Gasteiger partial charge in [-0.15, -0.1) is 0 Å². The van der Waals surface area contributed by atoms with Crippen molar-refractivity contribution in [3.8, 4) is 16.9 Å². The number of amides is 2.